The molecule has 0 amide bonds. The Labute approximate surface area is 179 Å². The molecule has 0 atom stereocenters. The molecule has 1 saturated carbocycles. The van der Waals surface area contributed by atoms with E-state index in [4.69, 9.17) is 14.0 Å². The summed E-state index contributed by atoms with van der Waals surface area (Å²) in [6.07, 6.45) is 3.80. The molecule has 31 heavy (non-hydrogen) atoms. The summed E-state index contributed by atoms with van der Waals surface area (Å²) in [4.78, 5) is 17.7. The molecule has 5 rings (SSSR count). The monoisotopic (exact) mass is 417 g/mol. The molecule has 1 aliphatic carbocycles. The summed E-state index contributed by atoms with van der Waals surface area (Å²) >= 11 is 0. The number of hydrogen-bond acceptors (Lipinski definition) is 6. The summed E-state index contributed by atoms with van der Waals surface area (Å²) in [5.41, 5.74) is 3.93. The van der Waals surface area contributed by atoms with Crippen LogP contribution in [0.2, 0.25) is 0 Å². The smallest absolute Gasteiger partial charge is 0.293 e. The fourth-order valence-electron chi connectivity index (χ4n) is 3.87. The summed E-state index contributed by atoms with van der Waals surface area (Å²) in [6.45, 7) is 4.12. The lowest BCUT2D eigenvalue weighted by molar-refractivity contribution is 0.297. The molecule has 7 nitrogen and oxygen atoms in total. The molecule has 4 aromatic rings. The van der Waals surface area contributed by atoms with Crippen LogP contribution < -0.4 is 15.0 Å². The van der Waals surface area contributed by atoms with Gasteiger partial charge in [-0.05, 0) is 51.0 Å². The zero-order chi connectivity index (χ0) is 21.5. The van der Waals surface area contributed by atoms with Crippen LogP contribution in [0.1, 0.15) is 30.0 Å². The van der Waals surface area contributed by atoms with Gasteiger partial charge in [-0.15, -0.1) is 0 Å². The molecule has 158 valence electrons. The number of aromatic nitrogens is 3. The average molecular weight is 417 g/mol. The maximum atomic E-state index is 13.3. The highest BCUT2D eigenvalue weighted by Gasteiger charge is 2.26. The van der Waals surface area contributed by atoms with Crippen molar-refractivity contribution >= 4 is 10.9 Å². The van der Waals surface area contributed by atoms with E-state index in [2.05, 4.69) is 10.1 Å². The van der Waals surface area contributed by atoms with Crippen LogP contribution in [-0.4, -0.2) is 27.9 Å². The Morgan fingerprint density at radius 1 is 1.16 bits per heavy atom. The molecule has 0 saturated heterocycles. The third-order valence-corrected chi connectivity index (χ3v) is 5.55. The molecule has 3 heterocycles. The Morgan fingerprint density at radius 2 is 2.00 bits per heavy atom. The lowest BCUT2D eigenvalue weighted by atomic mass is 10.00. The number of pyridine rings is 2. The third kappa shape index (κ3) is 3.56. The topological polar surface area (TPSA) is 79.4 Å². The molecule has 1 aliphatic rings. The Balaban J connectivity index is 1.75. The van der Waals surface area contributed by atoms with Crippen LogP contribution in [0, 0.1) is 13.8 Å². The lowest BCUT2D eigenvalue weighted by Crippen LogP contribution is -2.24. The minimum absolute atomic E-state index is 0.119. The molecule has 0 bridgehead atoms. The number of ether oxygens (including phenoxy) is 2. The van der Waals surface area contributed by atoms with E-state index in [1.54, 1.807) is 17.9 Å². The zero-order valence-corrected chi connectivity index (χ0v) is 17.7. The van der Waals surface area contributed by atoms with E-state index < -0.39 is 0 Å². The number of fused-ring (bicyclic) bond motifs is 1. The van der Waals surface area contributed by atoms with Crippen molar-refractivity contribution in [3.8, 4) is 22.6 Å². The van der Waals surface area contributed by atoms with Crippen LogP contribution in [0.3, 0.4) is 0 Å². The van der Waals surface area contributed by atoms with Crippen molar-refractivity contribution in [2.24, 2.45) is 0 Å². The van der Waals surface area contributed by atoms with Crippen molar-refractivity contribution in [2.45, 2.75) is 39.3 Å². The van der Waals surface area contributed by atoms with E-state index in [0.717, 1.165) is 46.3 Å². The molecule has 0 spiro atoms. The van der Waals surface area contributed by atoms with Gasteiger partial charge in [0, 0.05) is 23.2 Å². The highest BCUT2D eigenvalue weighted by atomic mass is 16.5. The van der Waals surface area contributed by atoms with Crippen molar-refractivity contribution in [1.29, 1.82) is 0 Å². The molecule has 0 unspecified atom stereocenters. The lowest BCUT2D eigenvalue weighted by Gasteiger charge is -2.16. The van der Waals surface area contributed by atoms with E-state index in [1.165, 1.54) is 0 Å². The molecule has 0 radical (unpaired) electrons. The van der Waals surface area contributed by atoms with Gasteiger partial charge in [-0.3, -0.25) is 14.3 Å². The van der Waals surface area contributed by atoms with Crippen LogP contribution in [-0.2, 0) is 6.54 Å². The maximum Gasteiger partial charge on any atom is 0.293 e. The van der Waals surface area contributed by atoms with Crippen LogP contribution in [0.25, 0.3) is 22.0 Å². The summed E-state index contributed by atoms with van der Waals surface area (Å²) in [7, 11) is 1.62. The third-order valence-electron chi connectivity index (χ3n) is 5.55. The first kappa shape index (κ1) is 19.4. The Kier molecular flexibility index (Phi) is 4.73. The van der Waals surface area contributed by atoms with E-state index in [1.807, 2.05) is 50.2 Å². The second-order valence-corrected chi connectivity index (χ2v) is 7.85. The molecular formula is C24H23N3O4. The van der Waals surface area contributed by atoms with Crippen molar-refractivity contribution in [3.05, 3.63) is 70.1 Å². The highest BCUT2D eigenvalue weighted by molar-refractivity contribution is 5.90. The minimum atomic E-state index is -0.169. The molecule has 3 aromatic heterocycles. The molecule has 1 aromatic carbocycles. The van der Waals surface area contributed by atoms with Gasteiger partial charge >= 0.3 is 0 Å². The number of nitrogens with zero attached hydrogens (tertiary/aromatic N) is 3. The van der Waals surface area contributed by atoms with Crippen LogP contribution in [0.4, 0.5) is 0 Å². The van der Waals surface area contributed by atoms with Crippen molar-refractivity contribution in [1.82, 2.24) is 14.7 Å². The number of aryl methyl sites for hydroxylation is 2. The standard InChI is InChI=1S/C24H23N3O4/c1-14-23(15(2)31-26-14)19-10-16-11-22(30-18-7-8-18)24(28)27(20(16)12-21(19)29-3)13-17-6-4-5-9-25-17/h4-6,9-12,18H,7-8,13H2,1-3H3. The summed E-state index contributed by atoms with van der Waals surface area (Å²) in [6, 6.07) is 11.4. The Morgan fingerprint density at radius 3 is 2.65 bits per heavy atom. The quantitative estimate of drug-likeness (QED) is 0.466. The second-order valence-electron chi connectivity index (χ2n) is 7.85. The molecular weight excluding hydrogens is 394 g/mol. The van der Waals surface area contributed by atoms with Gasteiger partial charge in [0.1, 0.15) is 11.5 Å². The van der Waals surface area contributed by atoms with Gasteiger partial charge in [-0.2, -0.15) is 0 Å². The van der Waals surface area contributed by atoms with Crippen molar-refractivity contribution < 1.29 is 14.0 Å². The summed E-state index contributed by atoms with van der Waals surface area (Å²) < 4.78 is 18.7. The van der Waals surface area contributed by atoms with E-state index in [-0.39, 0.29) is 11.7 Å². The Hall–Kier alpha value is -3.61. The molecule has 0 aliphatic heterocycles. The SMILES string of the molecule is COc1cc2c(cc1-c1c(C)noc1C)cc(OC1CC1)c(=O)n2Cc1ccccn1. The summed E-state index contributed by atoms with van der Waals surface area (Å²) in [5, 5.41) is 4.96. The predicted octanol–water partition coefficient (Wildman–Crippen LogP) is 4.27. The number of hydrogen-bond donors (Lipinski definition) is 0. The first-order valence-corrected chi connectivity index (χ1v) is 10.3. The van der Waals surface area contributed by atoms with E-state index in [0.29, 0.717) is 23.8 Å². The Bertz CT molecular complexity index is 1300. The maximum absolute atomic E-state index is 13.3. The first-order chi connectivity index (χ1) is 15.0. The average Bonchev–Trinajstić information content (AvgIpc) is 3.53. The summed E-state index contributed by atoms with van der Waals surface area (Å²) in [5.74, 6) is 1.72. The van der Waals surface area contributed by atoms with Crippen LogP contribution in [0.15, 0.2) is 51.9 Å². The minimum Gasteiger partial charge on any atom is -0.496 e. The van der Waals surface area contributed by atoms with Gasteiger partial charge in [0.05, 0.1) is 42.2 Å². The van der Waals surface area contributed by atoms with Gasteiger partial charge in [0.2, 0.25) is 0 Å². The molecule has 0 N–H and O–H groups in total. The van der Waals surface area contributed by atoms with Crippen LogP contribution in [0.5, 0.6) is 11.5 Å². The fraction of sp³-hybridized carbons (Fsp3) is 0.292. The fourth-order valence-corrected chi connectivity index (χ4v) is 3.87. The first-order valence-electron chi connectivity index (χ1n) is 10.3. The highest BCUT2D eigenvalue weighted by Crippen LogP contribution is 2.38. The van der Waals surface area contributed by atoms with Gasteiger partial charge in [0.15, 0.2) is 5.75 Å². The normalized spacial score (nSPS) is 13.5. The van der Waals surface area contributed by atoms with Crippen molar-refractivity contribution in [2.75, 3.05) is 7.11 Å². The number of rotatable bonds is 6. The largest absolute Gasteiger partial charge is 0.496 e. The van der Waals surface area contributed by atoms with E-state index in [9.17, 15) is 4.79 Å². The van der Waals surface area contributed by atoms with E-state index >= 15 is 0 Å². The number of benzene rings is 1. The van der Waals surface area contributed by atoms with Gasteiger partial charge in [-0.1, -0.05) is 11.2 Å². The number of methoxy groups -OCH3 is 1. The second kappa shape index (κ2) is 7.58. The predicted molar refractivity (Wildman–Crippen MR) is 117 cm³/mol. The van der Waals surface area contributed by atoms with Gasteiger partial charge in [-0.25, -0.2) is 0 Å². The molecule has 1 fully saturated rings. The van der Waals surface area contributed by atoms with Gasteiger partial charge in [0.25, 0.3) is 5.56 Å². The van der Waals surface area contributed by atoms with Crippen molar-refractivity contribution in [3.63, 3.8) is 0 Å². The van der Waals surface area contributed by atoms with Crippen LogP contribution >= 0.6 is 0 Å². The van der Waals surface area contributed by atoms with Gasteiger partial charge < -0.3 is 14.0 Å². The molecule has 7 heteroatoms. The zero-order valence-electron chi connectivity index (χ0n) is 17.7.